The van der Waals surface area contributed by atoms with Gasteiger partial charge < -0.3 is 4.42 Å². The van der Waals surface area contributed by atoms with Gasteiger partial charge in [-0.2, -0.15) is 0 Å². The van der Waals surface area contributed by atoms with Crippen LogP contribution in [0.3, 0.4) is 0 Å². The van der Waals surface area contributed by atoms with Crippen molar-refractivity contribution in [1.82, 2.24) is 4.98 Å². The second-order valence-electron chi connectivity index (χ2n) is 4.80. The lowest BCUT2D eigenvalue weighted by Gasteiger charge is -1.96. The standard InChI is InChI=1S/C19H11NO/c1-2-6-16-13-14(9-11-15(16)5-1)10-12-19-20-17-7-3-4-8-18(17)21-19/h1-9,11,13H. The number of hydrogen-bond donors (Lipinski definition) is 0. The summed E-state index contributed by atoms with van der Waals surface area (Å²) in [5, 5.41) is 2.40. The lowest BCUT2D eigenvalue weighted by Crippen LogP contribution is -1.77. The molecule has 0 bridgehead atoms. The Morgan fingerprint density at radius 3 is 2.48 bits per heavy atom. The first-order valence-corrected chi connectivity index (χ1v) is 6.75. The summed E-state index contributed by atoms with van der Waals surface area (Å²) in [7, 11) is 0. The number of rotatable bonds is 0. The van der Waals surface area contributed by atoms with Crippen molar-refractivity contribution in [3.05, 3.63) is 78.2 Å². The van der Waals surface area contributed by atoms with Gasteiger partial charge in [-0.05, 0) is 41.0 Å². The predicted octanol–water partition coefficient (Wildman–Crippen LogP) is 4.38. The number of fused-ring (bicyclic) bond motifs is 2. The monoisotopic (exact) mass is 269 g/mol. The average molecular weight is 269 g/mol. The van der Waals surface area contributed by atoms with Crippen LogP contribution < -0.4 is 0 Å². The summed E-state index contributed by atoms with van der Waals surface area (Å²) in [5.74, 6) is 6.54. The molecular formula is C19H11NO. The Bertz CT molecular complexity index is 969. The molecule has 0 saturated heterocycles. The van der Waals surface area contributed by atoms with Crippen molar-refractivity contribution in [1.29, 1.82) is 0 Å². The molecule has 0 aliphatic rings. The van der Waals surface area contributed by atoms with E-state index in [1.54, 1.807) is 0 Å². The number of para-hydroxylation sites is 2. The molecule has 1 aromatic heterocycles. The number of oxazole rings is 1. The molecule has 2 heteroatoms. The van der Waals surface area contributed by atoms with Gasteiger partial charge in [-0.15, -0.1) is 0 Å². The van der Waals surface area contributed by atoms with E-state index >= 15 is 0 Å². The molecule has 21 heavy (non-hydrogen) atoms. The molecule has 2 nitrogen and oxygen atoms in total. The first-order valence-electron chi connectivity index (χ1n) is 6.75. The molecule has 1 heterocycles. The van der Waals surface area contributed by atoms with E-state index in [9.17, 15) is 0 Å². The van der Waals surface area contributed by atoms with Gasteiger partial charge >= 0.3 is 0 Å². The molecule has 0 amide bonds. The highest BCUT2D eigenvalue weighted by Gasteiger charge is 2.01. The van der Waals surface area contributed by atoms with Crippen LogP contribution in [0.4, 0.5) is 0 Å². The third-order valence-corrected chi connectivity index (χ3v) is 3.36. The van der Waals surface area contributed by atoms with Crippen molar-refractivity contribution in [3.8, 4) is 11.8 Å². The minimum atomic E-state index is 0.448. The summed E-state index contributed by atoms with van der Waals surface area (Å²) < 4.78 is 5.59. The van der Waals surface area contributed by atoms with Crippen LogP contribution in [0.25, 0.3) is 21.9 Å². The predicted molar refractivity (Wildman–Crippen MR) is 83.9 cm³/mol. The Morgan fingerprint density at radius 1 is 0.762 bits per heavy atom. The van der Waals surface area contributed by atoms with Crippen LogP contribution in [0, 0.1) is 11.8 Å². The summed E-state index contributed by atoms with van der Waals surface area (Å²) in [5.41, 5.74) is 2.55. The molecule has 0 fully saturated rings. The summed E-state index contributed by atoms with van der Waals surface area (Å²) in [6, 6.07) is 22.1. The topological polar surface area (TPSA) is 26.0 Å². The van der Waals surface area contributed by atoms with E-state index < -0.39 is 0 Å². The van der Waals surface area contributed by atoms with Crippen LogP contribution in [0.15, 0.2) is 71.1 Å². The van der Waals surface area contributed by atoms with Gasteiger partial charge in [-0.25, -0.2) is 4.98 Å². The molecule has 0 aliphatic heterocycles. The Hall–Kier alpha value is -3.05. The highest BCUT2D eigenvalue weighted by molar-refractivity contribution is 5.83. The van der Waals surface area contributed by atoms with Gasteiger partial charge in [0, 0.05) is 5.56 Å². The van der Waals surface area contributed by atoms with Crippen molar-refractivity contribution in [2.24, 2.45) is 0 Å². The molecule has 0 saturated carbocycles. The fourth-order valence-corrected chi connectivity index (χ4v) is 2.32. The molecule has 3 aromatic carbocycles. The molecule has 4 aromatic rings. The van der Waals surface area contributed by atoms with E-state index in [1.807, 2.05) is 42.5 Å². The number of aromatic nitrogens is 1. The highest BCUT2D eigenvalue weighted by atomic mass is 16.3. The Morgan fingerprint density at radius 2 is 1.57 bits per heavy atom. The van der Waals surface area contributed by atoms with Crippen LogP contribution in [-0.4, -0.2) is 4.98 Å². The van der Waals surface area contributed by atoms with Crippen LogP contribution in [-0.2, 0) is 0 Å². The summed E-state index contributed by atoms with van der Waals surface area (Å²) in [6.07, 6.45) is 0. The number of nitrogens with zero attached hydrogens (tertiary/aromatic N) is 1. The Labute approximate surface area is 122 Å². The van der Waals surface area contributed by atoms with Gasteiger partial charge in [0.1, 0.15) is 5.52 Å². The van der Waals surface area contributed by atoms with E-state index in [-0.39, 0.29) is 0 Å². The third-order valence-electron chi connectivity index (χ3n) is 3.36. The fourth-order valence-electron chi connectivity index (χ4n) is 2.32. The smallest absolute Gasteiger partial charge is 0.274 e. The van der Waals surface area contributed by atoms with Crippen LogP contribution in [0.5, 0.6) is 0 Å². The van der Waals surface area contributed by atoms with E-state index in [0.717, 1.165) is 16.7 Å². The molecule has 0 radical (unpaired) electrons. The quantitative estimate of drug-likeness (QED) is 0.443. The maximum absolute atomic E-state index is 5.59. The zero-order chi connectivity index (χ0) is 14.1. The summed E-state index contributed by atoms with van der Waals surface area (Å²) in [4.78, 5) is 4.35. The van der Waals surface area contributed by atoms with Gasteiger partial charge in [0.05, 0.1) is 0 Å². The first kappa shape index (κ1) is 11.7. The second kappa shape index (κ2) is 4.81. The summed E-state index contributed by atoms with van der Waals surface area (Å²) in [6.45, 7) is 0. The molecule has 0 N–H and O–H groups in total. The molecule has 0 unspecified atom stereocenters. The van der Waals surface area contributed by atoms with Gasteiger partial charge in [-0.1, -0.05) is 48.4 Å². The van der Waals surface area contributed by atoms with E-state index in [4.69, 9.17) is 4.42 Å². The Kier molecular flexibility index (Phi) is 2.69. The minimum Gasteiger partial charge on any atom is -0.430 e. The van der Waals surface area contributed by atoms with Gasteiger partial charge in [0.25, 0.3) is 5.89 Å². The third kappa shape index (κ3) is 2.26. The molecule has 0 spiro atoms. The zero-order valence-corrected chi connectivity index (χ0v) is 11.2. The van der Waals surface area contributed by atoms with Crippen molar-refractivity contribution >= 4 is 21.9 Å². The van der Waals surface area contributed by atoms with Crippen molar-refractivity contribution in [2.75, 3.05) is 0 Å². The van der Waals surface area contributed by atoms with Crippen molar-refractivity contribution < 1.29 is 4.42 Å². The largest absolute Gasteiger partial charge is 0.430 e. The first-order chi connectivity index (χ1) is 10.4. The lowest BCUT2D eigenvalue weighted by molar-refractivity contribution is 0.586. The van der Waals surface area contributed by atoms with Crippen LogP contribution in [0.2, 0.25) is 0 Å². The lowest BCUT2D eigenvalue weighted by atomic mass is 10.1. The molecule has 4 rings (SSSR count). The zero-order valence-electron chi connectivity index (χ0n) is 11.2. The molecular weight excluding hydrogens is 258 g/mol. The maximum Gasteiger partial charge on any atom is 0.274 e. The highest BCUT2D eigenvalue weighted by Crippen LogP contribution is 2.16. The van der Waals surface area contributed by atoms with Crippen LogP contribution in [0.1, 0.15) is 11.5 Å². The van der Waals surface area contributed by atoms with Crippen molar-refractivity contribution in [3.63, 3.8) is 0 Å². The van der Waals surface area contributed by atoms with Crippen molar-refractivity contribution in [2.45, 2.75) is 0 Å². The molecule has 0 aliphatic carbocycles. The fraction of sp³-hybridized carbons (Fsp3) is 0. The normalized spacial score (nSPS) is 10.5. The number of benzene rings is 3. The second-order valence-corrected chi connectivity index (χ2v) is 4.80. The van der Waals surface area contributed by atoms with Crippen LogP contribution >= 0.6 is 0 Å². The van der Waals surface area contributed by atoms with E-state index in [2.05, 4.69) is 41.1 Å². The SMILES string of the molecule is C(#Cc1nc2ccccc2o1)c1ccc2ccccc2c1. The molecule has 98 valence electrons. The Balaban J connectivity index is 1.74. The molecule has 0 atom stereocenters. The minimum absolute atomic E-state index is 0.448. The van der Waals surface area contributed by atoms with Gasteiger partial charge in [0.2, 0.25) is 0 Å². The average Bonchev–Trinajstić information content (AvgIpc) is 2.95. The van der Waals surface area contributed by atoms with E-state index in [0.29, 0.717) is 5.89 Å². The van der Waals surface area contributed by atoms with Gasteiger partial charge in [-0.3, -0.25) is 0 Å². The summed E-state index contributed by atoms with van der Waals surface area (Å²) >= 11 is 0. The maximum atomic E-state index is 5.59. The number of hydrogen-bond acceptors (Lipinski definition) is 2. The van der Waals surface area contributed by atoms with E-state index in [1.165, 1.54) is 10.8 Å². The van der Waals surface area contributed by atoms with Gasteiger partial charge in [0.15, 0.2) is 5.58 Å².